The topological polar surface area (TPSA) is 49.4 Å². The standard InChI is InChI=1S/C23H23FN2O2S/c1-16(2)21(25-22(27)17-7-4-3-5-8-17)23(28)26(15-20-9-6-14-29-20)19-12-10-18(24)11-13-19/h3-14,16,21H,15H2,1-2H3,(H,25,27). The van der Waals surface area contributed by atoms with E-state index in [1.54, 1.807) is 52.6 Å². The summed E-state index contributed by atoms with van der Waals surface area (Å²) in [5.74, 6) is -1.02. The van der Waals surface area contributed by atoms with Crippen LogP contribution in [-0.4, -0.2) is 17.9 Å². The number of carbonyl (C=O) groups excluding carboxylic acids is 2. The van der Waals surface area contributed by atoms with Gasteiger partial charge in [0, 0.05) is 16.1 Å². The second-order valence-electron chi connectivity index (χ2n) is 7.04. The Morgan fingerprint density at radius 1 is 1.00 bits per heavy atom. The molecular formula is C23H23FN2O2S. The second kappa shape index (κ2) is 9.47. The second-order valence-corrected chi connectivity index (χ2v) is 8.07. The van der Waals surface area contributed by atoms with Gasteiger partial charge in [-0.15, -0.1) is 11.3 Å². The summed E-state index contributed by atoms with van der Waals surface area (Å²) in [6.45, 7) is 4.14. The van der Waals surface area contributed by atoms with Gasteiger partial charge in [-0.1, -0.05) is 38.1 Å². The molecule has 2 aromatic carbocycles. The van der Waals surface area contributed by atoms with Gasteiger partial charge < -0.3 is 10.2 Å². The van der Waals surface area contributed by atoms with Crippen LogP contribution in [0.15, 0.2) is 72.1 Å². The number of nitrogens with zero attached hydrogens (tertiary/aromatic N) is 1. The Morgan fingerprint density at radius 2 is 1.69 bits per heavy atom. The number of nitrogens with one attached hydrogen (secondary N) is 1. The molecular weight excluding hydrogens is 387 g/mol. The summed E-state index contributed by atoms with van der Waals surface area (Å²) in [7, 11) is 0. The van der Waals surface area contributed by atoms with Crippen molar-refractivity contribution >= 4 is 28.8 Å². The van der Waals surface area contributed by atoms with Crippen LogP contribution in [0.3, 0.4) is 0 Å². The maximum absolute atomic E-state index is 13.5. The lowest BCUT2D eigenvalue weighted by Gasteiger charge is -2.30. The number of anilines is 1. The molecule has 29 heavy (non-hydrogen) atoms. The van der Waals surface area contributed by atoms with Gasteiger partial charge in [0.1, 0.15) is 11.9 Å². The fourth-order valence-corrected chi connectivity index (χ4v) is 3.66. The Bertz CT molecular complexity index is 941. The van der Waals surface area contributed by atoms with E-state index < -0.39 is 6.04 Å². The maximum atomic E-state index is 13.5. The van der Waals surface area contributed by atoms with Gasteiger partial charge in [-0.2, -0.15) is 0 Å². The first-order chi connectivity index (χ1) is 14.0. The lowest BCUT2D eigenvalue weighted by molar-refractivity contribution is -0.121. The molecule has 3 rings (SSSR count). The first-order valence-electron chi connectivity index (χ1n) is 9.41. The molecule has 0 saturated heterocycles. The molecule has 6 heteroatoms. The zero-order valence-electron chi connectivity index (χ0n) is 16.3. The van der Waals surface area contributed by atoms with E-state index in [-0.39, 0.29) is 23.5 Å². The lowest BCUT2D eigenvalue weighted by atomic mass is 10.0. The van der Waals surface area contributed by atoms with Crippen LogP contribution in [0.4, 0.5) is 10.1 Å². The molecule has 0 saturated carbocycles. The summed E-state index contributed by atoms with van der Waals surface area (Å²) in [6, 6.07) is 17.8. The van der Waals surface area contributed by atoms with Gasteiger partial charge in [0.2, 0.25) is 5.91 Å². The van der Waals surface area contributed by atoms with E-state index in [0.717, 1.165) is 4.88 Å². The number of halogens is 1. The molecule has 0 aliphatic carbocycles. The van der Waals surface area contributed by atoms with Crippen molar-refractivity contribution in [1.29, 1.82) is 0 Å². The Hall–Kier alpha value is -2.99. The highest BCUT2D eigenvalue weighted by Crippen LogP contribution is 2.23. The number of hydrogen-bond donors (Lipinski definition) is 1. The zero-order valence-corrected chi connectivity index (χ0v) is 17.2. The summed E-state index contributed by atoms with van der Waals surface area (Å²) >= 11 is 1.54. The third-order valence-electron chi connectivity index (χ3n) is 4.55. The molecule has 4 nitrogen and oxygen atoms in total. The Morgan fingerprint density at radius 3 is 2.28 bits per heavy atom. The summed E-state index contributed by atoms with van der Waals surface area (Å²) in [5, 5.41) is 4.82. The highest BCUT2D eigenvalue weighted by Gasteiger charge is 2.30. The van der Waals surface area contributed by atoms with Crippen LogP contribution in [0, 0.1) is 11.7 Å². The van der Waals surface area contributed by atoms with E-state index in [9.17, 15) is 14.0 Å². The highest BCUT2D eigenvalue weighted by molar-refractivity contribution is 7.09. The highest BCUT2D eigenvalue weighted by atomic mass is 32.1. The van der Waals surface area contributed by atoms with Gasteiger partial charge in [0.25, 0.3) is 5.91 Å². The van der Waals surface area contributed by atoms with Gasteiger partial charge >= 0.3 is 0 Å². The van der Waals surface area contributed by atoms with Crippen LogP contribution in [0.5, 0.6) is 0 Å². The molecule has 1 aromatic heterocycles. The molecule has 2 amide bonds. The molecule has 0 radical (unpaired) electrons. The van der Waals surface area contributed by atoms with Crippen molar-refractivity contribution in [3.63, 3.8) is 0 Å². The third-order valence-corrected chi connectivity index (χ3v) is 5.41. The van der Waals surface area contributed by atoms with Gasteiger partial charge in [0.05, 0.1) is 6.54 Å². The molecule has 0 aliphatic heterocycles. The summed E-state index contributed by atoms with van der Waals surface area (Å²) < 4.78 is 13.4. The fraction of sp³-hybridized carbons (Fsp3) is 0.217. The first kappa shape index (κ1) is 20.7. The normalized spacial score (nSPS) is 11.9. The monoisotopic (exact) mass is 410 g/mol. The molecule has 1 N–H and O–H groups in total. The fourth-order valence-electron chi connectivity index (χ4n) is 2.97. The van der Waals surface area contributed by atoms with Crippen LogP contribution in [0.1, 0.15) is 29.1 Å². The zero-order chi connectivity index (χ0) is 20.8. The predicted molar refractivity (Wildman–Crippen MR) is 114 cm³/mol. The smallest absolute Gasteiger partial charge is 0.251 e. The quantitative estimate of drug-likeness (QED) is 0.604. The Labute approximate surface area is 174 Å². The van der Waals surface area contributed by atoms with Crippen LogP contribution < -0.4 is 10.2 Å². The number of carbonyl (C=O) groups is 2. The van der Waals surface area contributed by atoms with Crippen molar-refractivity contribution in [2.75, 3.05) is 4.90 Å². The van der Waals surface area contributed by atoms with Crippen molar-refractivity contribution in [3.8, 4) is 0 Å². The molecule has 3 aromatic rings. The molecule has 1 unspecified atom stereocenters. The summed E-state index contributed by atoms with van der Waals surface area (Å²) in [5.41, 5.74) is 1.09. The van der Waals surface area contributed by atoms with Gasteiger partial charge in [-0.25, -0.2) is 4.39 Å². The number of rotatable bonds is 7. The van der Waals surface area contributed by atoms with Gasteiger partial charge in [-0.3, -0.25) is 9.59 Å². The summed E-state index contributed by atoms with van der Waals surface area (Å²) in [4.78, 5) is 28.7. The van der Waals surface area contributed by atoms with Crippen LogP contribution in [0.2, 0.25) is 0 Å². The largest absolute Gasteiger partial charge is 0.340 e. The number of hydrogen-bond acceptors (Lipinski definition) is 3. The van der Waals surface area contributed by atoms with E-state index >= 15 is 0 Å². The first-order valence-corrected chi connectivity index (χ1v) is 10.3. The molecule has 1 heterocycles. The van der Waals surface area contributed by atoms with Crippen molar-refractivity contribution in [2.45, 2.75) is 26.4 Å². The maximum Gasteiger partial charge on any atom is 0.251 e. The minimum Gasteiger partial charge on any atom is -0.340 e. The predicted octanol–water partition coefficient (Wildman–Crippen LogP) is 4.88. The van der Waals surface area contributed by atoms with Crippen molar-refractivity contribution in [3.05, 3.63) is 88.4 Å². The summed E-state index contributed by atoms with van der Waals surface area (Å²) in [6.07, 6.45) is 0. The van der Waals surface area contributed by atoms with E-state index in [4.69, 9.17) is 0 Å². The number of thiophene rings is 1. The average Bonchev–Trinajstić information content (AvgIpc) is 3.24. The van der Waals surface area contributed by atoms with Crippen LogP contribution in [0.25, 0.3) is 0 Å². The van der Waals surface area contributed by atoms with E-state index in [1.165, 1.54) is 12.1 Å². The van der Waals surface area contributed by atoms with Crippen molar-refractivity contribution < 1.29 is 14.0 Å². The van der Waals surface area contributed by atoms with Gasteiger partial charge in [0.15, 0.2) is 0 Å². The number of amides is 2. The molecule has 0 bridgehead atoms. The van der Waals surface area contributed by atoms with Gasteiger partial charge in [-0.05, 0) is 53.8 Å². The van der Waals surface area contributed by atoms with E-state index in [1.807, 2.05) is 37.4 Å². The van der Waals surface area contributed by atoms with Crippen LogP contribution in [-0.2, 0) is 11.3 Å². The molecule has 1 atom stereocenters. The van der Waals surface area contributed by atoms with Crippen molar-refractivity contribution in [2.24, 2.45) is 5.92 Å². The van der Waals surface area contributed by atoms with Crippen LogP contribution >= 0.6 is 11.3 Å². The lowest BCUT2D eigenvalue weighted by Crippen LogP contribution is -2.51. The number of benzene rings is 2. The third kappa shape index (κ3) is 5.29. The van der Waals surface area contributed by atoms with Crippen molar-refractivity contribution in [1.82, 2.24) is 5.32 Å². The SMILES string of the molecule is CC(C)C(NC(=O)c1ccccc1)C(=O)N(Cc1cccs1)c1ccc(F)cc1. The Balaban J connectivity index is 1.88. The Kier molecular flexibility index (Phi) is 6.77. The van der Waals surface area contributed by atoms with E-state index in [2.05, 4.69) is 5.32 Å². The van der Waals surface area contributed by atoms with E-state index in [0.29, 0.717) is 17.8 Å². The molecule has 0 aliphatic rings. The molecule has 0 fully saturated rings. The minimum absolute atomic E-state index is 0.124. The minimum atomic E-state index is -0.715. The average molecular weight is 411 g/mol. The molecule has 0 spiro atoms. The molecule has 150 valence electrons.